The number of nitrogens with one attached hydrogen (secondary N) is 2. The molecule has 3 rings (SSSR count). The van der Waals surface area contributed by atoms with Gasteiger partial charge in [-0.2, -0.15) is 5.10 Å². The largest absolute Gasteiger partial charge is 0.326 e. The molecule has 2 aromatic rings. The van der Waals surface area contributed by atoms with Crippen LogP contribution in [0.25, 0.3) is 0 Å². The summed E-state index contributed by atoms with van der Waals surface area (Å²) in [5, 5.41) is 7.00. The number of benzene rings is 1. The van der Waals surface area contributed by atoms with Crippen LogP contribution in [0.2, 0.25) is 0 Å². The van der Waals surface area contributed by atoms with Crippen molar-refractivity contribution in [1.82, 2.24) is 10.4 Å². The normalized spacial score (nSPS) is 14.1. The topological polar surface area (TPSA) is 83.4 Å². The van der Waals surface area contributed by atoms with Gasteiger partial charge in [-0.1, -0.05) is 18.2 Å². The van der Waals surface area contributed by atoms with E-state index in [1.165, 1.54) is 0 Å². The van der Waals surface area contributed by atoms with E-state index in [0.717, 1.165) is 24.1 Å². The highest BCUT2D eigenvalue weighted by Gasteiger charge is 2.29. The molecule has 0 spiro atoms. The number of hydrogen-bond donors (Lipinski definition) is 2. The third kappa shape index (κ3) is 4.04. The quantitative estimate of drug-likeness (QED) is 0.655. The van der Waals surface area contributed by atoms with Gasteiger partial charge in [-0.05, 0) is 49.6 Å². The van der Waals surface area contributed by atoms with Crippen LogP contribution in [0.5, 0.6) is 0 Å². The van der Waals surface area contributed by atoms with Crippen molar-refractivity contribution in [2.45, 2.75) is 19.8 Å². The third-order valence-electron chi connectivity index (χ3n) is 3.72. The van der Waals surface area contributed by atoms with Crippen molar-refractivity contribution in [3.8, 4) is 0 Å². The lowest BCUT2D eigenvalue weighted by Crippen LogP contribution is -2.20. The maximum Gasteiger partial charge on any atom is 0.289 e. The lowest BCUT2D eigenvalue weighted by atomic mass is 10.1. The minimum Gasteiger partial charge on any atom is -0.326 e. The van der Waals surface area contributed by atoms with Gasteiger partial charge in [0.2, 0.25) is 5.91 Å². The zero-order chi connectivity index (χ0) is 16.9. The predicted octanol–water partition coefficient (Wildman–Crippen LogP) is 2.58. The molecular weight excluding hydrogens is 304 g/mol. The molecule has 2 amide bonds. The third-order valence-corrected chi connectivity index (χ3v) is 3.72. The van der Waals surface area contributed by atoms with E-state index in [-0.39, 0.29) is 17.7 Å². The summed E-state index contributed by atoms with van der Waals surface area (Å²) in [6.45, 7) is 1.79. The van der Waals surface area contributed by atoms with E-state index in [1.807, 2.05) is 24.3 Å². The highest BCUT2D eigenvalue weighted by molar-refractivity contribution is 6.02. The second-order valence-electron chi connectivity index (χ2n) is 5.70. The minimum absolute atomic E-state index is 0.0604. The molecule has 6 nitrogen and oxygen atoms in total. The molecule has 2 N–H and O–H groups in total. The average molecular weight is 322 g/mol. The summed E-state index contributed by atoms with van der Waals surface area (Å²) in [7, 11) is 0. The van der Waals surface area contributed by atoms with Crippen LogP contribution < -0.4 is 10.7 Å². The molecule has 0 atom stereocenters. The number of rotatable bonds is 5. The first-order valence-electron chi connectivity index (χ1n) is 7.80. The number of aromatic nitrogens is 1. The van der Waals surface area contributed by atoms with Gasteiger partial charge in [0, 0.05) is 17.8 Å². The summed E-state index contributed by atoms with van der Waals surface area (Å²) in [6, 6.07) is 12.5. The SMILES string of the molecule is C/C(=N/NC(=O)c1ccccn1)c1cccc(NC(=O)C2CC2)c1. The second-order valence-corrected chi connectivity index (χ2v) is 5.70. The maximum atomic E-state index is 11.9. The fourth-order valence-corrected chi connectivity index (χ4v) is 2.17. The van der Waals surface area contributed by atoms with E-state index in [4.69, 9.17) is 0 Å². The first-order chi connectivity index (χ1) is 11.6. The van der Waals surface area contributed by atoms with Crippen molar-refractivity contribution in [1.29, 1.82) is 0 Å². The lowest BCUT2D eigenvalue weighted by molar-refractivity contribution is -0.117. The predicted molar refractivity (Wildman–Crippen MR) is 91.7 cm³/mol. The van der Waals surface area contributed by atoms with Gasteiger partial charge in [-0.15, -0.1) is 0 Å². The number of pyridine rings is 1. The minimum atomic E-state index is -0.367. The molecule has 1 fully saturated rings. The molecule has 0 bridgehead atoms. The molecule has 1 aromatic carbocycles. The van der Waals surface area contributed by atoms with E-state index >= 15 is 0 Å². The van der Waals surface area contributed by atoms with Crippen LogP contribution in [0.4, 0.5) is 5.69 Å². The number of carbonyl (C=O) groups is 2. The van der Waals surface area contributed by atoms with Gasteiger partial charge in [-0.25, -0.2) is 5.43 Å². The molecule has 0 saturated heterocycles. The van der Waals surface area contributed by atoms with E-state index in [2.05, 4.69) is 20.8 Å². The van der Waals surface area contributed by atoms with Crippen molar-refractivity contribution >= 4 is 23.2 Å². The Kier molecular flexibility index (Phi) is 4.65. The average Bonchev–Trinajstić information content (AvgIpc) is 3.45. The molecule has 1 aromatic heterocycles. The highest BCUT2D eigenvalue weighted by atomic mass is 16.2. The van der Waals surface area contributed by atoms with Gasteiger partial charge < -0.3 is 5.32 Å². The van der Waals surface area contributed by atoms with Crippen LogP contribution in [-0.2, 0) is 4.79 Å². The highest BCUT2D eigenvalue weighted by Crippen LogP contribution is 2.30. The molecule has 1 saturated carbocycles. The molecule has 1 aliphatic rings. The Balaban J connectivity index is 1.66. The molecule has 6 heteroatoms. The van der Waals surface area contributed by atoms with Crippen molar-refractivity contribution in [2.75, 3.05) is 5.32 Å². The van der Waals surface area contributed by atoms with Gasteiger partial charge >= 0.3 is 0 Å². The maximum absolute atomic E-state index is 11.9. The first-order valence-corrected chi connectivity index (χ1v) is 7.80. The molecule has 24 heavy (non-hydrogen) atoms. The van der Waals surface area contributed by atoms with E-state index in [9.17, 15) is 9.59 Å². The number of carbonyl (C=O) groups excluding carboxylic acids is 2. The Hall–Kier alpha value is -3.02. The van der Waals surface area contributed by atoms with Gasteiger partial charge in [0.05, 0.1) is 5.71 Å². The zero-order valence-electron chi connectivity index (χ0n) is 13.3. The Bertz CT molecular complexity index is 783. The van der Waals surface area contributed by atoms with Gasteiger partial charge in [0.25, 0.3) is 5.91 Å². The van der Waals surface area contributed by atoms with Crippen LogP contribution in [0, 0.1) is 5.92 Å². The smallest absolute Gasteiger partial charge is 0.289 e. The van der Waals surface area contributed by atoms with Crippen LogP contribution in [-0.4, -0.2) is 22.5 Å². The number of amides is 2. The van der Waals surface area contributed by atoms with E-state index in [1.54, 1.807) is 31.3 Å². The molecular formula is C18H18N4O2. The summed E-state index contributed by atoms with van der Waals surface area (Å²) in [5.41, 5.74) is 4.99. The molecule has 1 heterocycles. The zero-order valence-corrected chi connectivity index (χ0v) is 13.3. The van der Waals surface area contributed by atoms with E-state index in [0.29, 0.717) is 11.4 Å². The summed E-state index contributed by atoms with van der Waals surface area (Å²) in [4.78, 5) is 27.7. The van der Waals surface area contributed by atoms with Crippen molar-refractivity contribution in [2.24, 2.45) is 11.0 Å². The second kappa shape index (κ2) is 7.04. The standard InChI is InChI=1S/C18H18N4O2/c1-12(21-22-18(24)16-7-2-3-10-19-16)14-5-4-6-15(11-14)20-17(23)13-8-9-13/h2-7,10-11,13H,8-9H2,1H3,(H,20,23)(H,22,24)/b21-12-. The van der Waals surface area contributed by atoms with Crippen molar-refractivity contribution < 1.29 is 9.59 Å². The summed E-state index contributed by atoms with van der Waals surface area (Å²) in [6.07, 6.45) is 3.48. The van der Waals surface area contributed by atoms with Crippen LogP contribution >= 0.6 is 0 Å². The molecule has 0 unspecified atom stereocenters. The molecule has 0 radical (unpaired) electrons. The molecule has 122 valence electrons. The van der Waals surface area contributed by atoms with E-state index < -0.39 is 0 Å². The number of hydrogen-bond acceptors (Lipinski definition) is 4. The summed E-state index contributed by atoms with van der Waals surface area (Å²) in [5.74, 6) is -0.153. The first kappa shape index (κ1) is 15.9. The van der Waals surface area contributed by atoms with Gasteiger partial charge in [0.1, 0.15) is 5.69 Å². The fraction of sp³-hybridized carbons (Fsp3) is 0.222. The number of hydrazone groups is 1. The van der Waals surface area contributed by atoms with Crippen LogP contribution in [0.3, 0.4) is 0 Å². The van der Waals surface area contributed by atoms with Crippen molar-refractivity contribution in [3.63, 3.8) is 0 Å². The molecule has 1 aliphatic carbocycles. The lowest BCUT2D eigenvalue weighted by Gasteiger charge is -2.07. The fourth-order valence-electron chi connectivity index (χ4n) is 2.17. The van der Waals surface area contributed by atoms with Gasteiger partial charge in [0.15, 0.2) is 0 Å². The Morgan fingerprint density at radius 3 is 2.71 bits per heavy atom. The van der Waals surface area contributed by atoms with Crippen LogP contribution in [0.1, 0.15) is 35.8 Å². The number of nitrogens with zero attached hydrogens (tertiary/aromatic N) is 2. The Morgan fingerprint density at radius 1 is 1.17 bits per heavy atom. The number of anilines is 1. The summed E-state index contributed by atoms with van der Waals surface area (Å²) >= 11 is 0. The monoisotopic (exact) mass is 322 g/mol. The Morgan fingerprint density at radius 2 is 2.00 bits per heavy atom. The van der Waals surface area contributed by atoms with Crippen LogP contribution in [0.15, 0.2) is 53.8 Å². The van der Waals surface area contributed by atoms with Gasteiger partial charge in [-0.3, -0.25) is 14.6 Å². The Labute approximate surface area is 140 Å². The summed E-state index contributed by atoms with van der Waals surface area (Å²) < 4.78 is 0. The van der Waals surface area contributed by atoms with Crippen molar-refractivity contribution in [3.05, 3.63) is 59.9 Å². The molecule has 0 aliphatic heterocycles.